The van der Waals surface area contributed by atoms with Gasteiger partial charge in [0.2, 0.25) is 10.0 Å². The van der Waals surface area contributed by atoms with Gasteiger partial charge in [0.05, 0.1) is 10.6 Å². The Kier molecular flexibility index (Phi) is 6.56. The Hall–Kier alpha value is -2.42. The summed E-state index contributed by atoms with van der Waals surface area (Å²) in [6.07, 6.45) is 0.496. The zero-order valence-corrected chi connectivity index (χ0v) is 17.4. The number of anilines is 1. The summed E-state index contributed by atoms with van der Waals surface area (Å²) in [7, 11) is -3.80. The first-order valence-corrected chi connectivity index (χ1v) is 11.0. The normalized spacial score (nSPS) is 15.7. The Morgan fingerprint density at radius 2 is 1.76 bits per heavy atom. The molecule has 1 atom stereocenters. The number of esters is 1. The van der Waals surface area contributed by atoms with Gasteiger partial charge < -0.3 is 10.1 Å². The number of amides is 1. The first-order valence-electron chi connectivity index (χ1n) is 9.15. The van der Waals surface area contributed by atoms with Crippen molar-refractivity contribution in [3.05, 3.63) is 59.1 Å². The molecule has 0 aromatic heterocycles. The number of halogens is 1. The van der Waals surface area contributed by atoms with Gasteiger partial charge in [-0.1, -0.05) is 29.8 Å². The van der Waals surface area contributed by atoms with Crippen molar-refractivity contribution in [2.24, 2.45) is 0 Å². The number of hydrogen-bond acceptors (Lipinski definition) is 5. The van der Waals surface area contributed by atoms with Gasteiger partial charge in [0, 0.05) is 18.8 Å². The maximum absolute atomic E-state index is 12.8. The second-order valence-electron chi connectivity index (χ2n) is 6.66. The fourth-order valence-electron chi connectivity index (χ4n) is 2.94. The molecule has 1 N–H and O–H groups in total. The summed E-state index contributed by atoms with van der Waals surface area (Å²) in [4.78, 5) is 24.5. The molecule has 1 amide bonds. The number of benzene rings is 2. The molecule has 2 aromatic rings. The predicted molar refractivity (Wildman–Crippen MR) is 109 cm³/mol. The van der Waals surface area contributed by atoms with E-state index in [4.69, 9.17) is 16.3 Å². The zero-order chi connectivity index (χ0) is 21.0. The van der Waals surface area contributed by atoms with Crippen LogP contribution >= 0.6 is 11.6 Å². The first kappa shape index (κ1) is 21.3. The second kappa shape index (κ2) is 8.94. The van der Waals surface area contributed by atoms with Crippen molar-refractivity contribution >= 4 is 39.2 Å². The average Bonchev–Trinajstić information content (AvgIpc) is 3.24. The number of carbonyl (C=O) groups is 2. The first-order chi connectivity index (χ1) is 13.8. The van der Waals surface area contributed by atoms with Gasteiger partial charge in [-0.3, -0.25) is 4.79 Å². The second-order valence-corrected chi connectivity index (χ2v) is 8.97. The summed E-state index contributed by atoms with van der Waals surface area (Å²) in [5.74, 6) is -1.31. The maximum atomic E-state index is 12.8. The van der Waals surface area contributed by atoms with Gasteiger partial charge in [-0.05, 0) is 50.1 Å². The molecule has 29 heavy (non-hydrogen) atoms. The molecule has 1 aliphatic rings. The summed E-state index contributed by atoms with van der Waals surface area (Å²) in [5.41, 5.74) is 0.581. The highest BCUT2D eigenvalue weighted by atomic mass is 35.5. The Balaban J connectivity index is 1.73. The quantitative estimate of drug-likeness (QED) is 0.701. The Morgan fingerprint density at radius 1 is 1.10 bits per heavy atom. The summed E-state index contributed by atoms with van der Waals surface area (Å²) in [6.45, 7) is 2.28. The van der Waals surface area contributed by atoms with E-state index in [0.717, 1.165) is 12.8 Å². The van der Waals surface area contributed by atoms with Crippen LogP contribution in [-0.4, -0.2) is 43.8 Å². The fraction of sp³-hybridized carbons (Fsp3) is 0.300. The number of nitrogens with one attached hydrogen (secondary N) is 1. The standard InChI is InChI=1S/C20H21ClN2O5S/c1-14(19(24)22-16-7-3-2-4-8-16)28-20(25)15-9-10-17(21)18(13-15)29(26,27)23-11-5-6-12-23/h2-4,7-10,13-14H,5-6,11-12H2,1H3,(H,22,24)/t14-/m0/s1. The van der Waals surface area contributed by atoms with Crippen LogP contribution < -0.4 is 5.32 Å². The number of hydrogen-bond donors (Lipinski definition) is 1. The Labute approximate surface area is 174 Å². The number of nitrogens with zero attached hydrogens (tertiary/aromatic N) is 1. The largest absolute Gasteiger partial charge is 0.449 e. The van der Waals surface area contributed by atoms with E-state index in [0.29, 0.717) is 18.8 Å². The van der Waals surface area contributed by atoms with Crippen LogP contribution in [-0.2, 0) is 19.6 Å². The van der Waals surface area contributed by atoms with E-state index < -0.39 is 28.0 Å². The molecule has 2 aromatic carbocycles. The molecule has 0 saturated carbocycles. The van der Waals surface area contributed by atoms with Gasteiger partial charge in [0.15, 0.2) is 6.10 Å². The van der Waals surface area contributed by atoms with E-state index >= 15 is 0 Å². The minimum Gasteiger partial charge on any atom is -0.449 e. The highest BCUT2D eigenvalue weighted by molar-refractivity contribution is 7.89. The van der Waals surface area contributed by atoms with Gasteiger partial charge in [-0.15, -0.1) is 0 Å². The molecule has 0 spiro atoms. The van der Waals surface area contributed by atoms with Crippen molar-refractivity contribution < 1.29 is 22.7 Å². The molecule has 7 nitrogen and oxygen atoms in total. The number of rotatable bonds is 6. The van der Waals surface area contributed by atoms with Crippen LogP contribution in [0.4, 0.5) is 5.69 Å². The Morgan fingerprint density at radius 3 is 2.41 bits per heavy atom. The van der Waals surface area contributed by atoms with Gasteiger partial charge >= 0.3 is 5.97 Å². The molecule has 0 bridgehead atoms. The van der Waals surface area contributed by atoms with Gasteiger partial charge in [0.25, 0.3) is 5.91 Å². The predicted octanol–water partition coefficient (Wildman–Crippen LogP) is 3.31. The molecule has 0 aliphatic carbocycles. The van der Waals surface area contributed by atoms with E-state index in [1.165, 1.54) is 29.4 Å². The molecule has 1 saturated heterocycles. The van der Waals surface area contributed by atoms with Crippen LogP contribution in [0.1, 0.15) is 30.1 Å². The topological polar surface area (TPSA) is 92.8 Å². The van der Waals surface area contributed by atoms with E-state index in [9.17, 15) is 18.0 Å². The highest BCUT2D eigenvalue weighted by Crippen LogP contribution is 2.28. The third-order valence-corrected chi connectivity index (χ3v) is 6.92. The van der Waals surface area contributed by atoms with Crippen molar-refractivity contribution in [2.45, 2.75) is 30.8 Å². The van der Waals surface area contributed by atoms with Crippen LogP contribution in [0.25, 0.3) is 0 Å². The minimum atomic E-state index is -3.80. The molecule has 3 rings (SSSR count). The van der Waals surface area contributed by atoms with E-state index in [1.54, 1.807) is 24.3 Å². The third kappa shape index (κ3) is 4.95. The van der Waals surface area contributed by atoms with E-state index in [-0.39, 0.29) is 15.5 Å². The lowest BCUT2D eigenvalue weighted by atomic mass is 10.2. The molecular weight excluding hydrogens is 416 g/mol. The van der Waals surface area contributed by atoms with Crippen molar-refractivity contribution in [3.8, 4) is 0 Å². The molecule has 1 fully saturated rings. The molecule has 154 valence electrons. The third-order valence-electron chi connectivity index (χ3n) is 4.54. The lowest BCUT2D eigenvalue weighted by Crippen LogP contribution is -2.30. The maximum Gasteiger partial charge on any atom is 0.338 e. The molecule has 9 heteroatoms. The highest BCUT2D eigenvalue weighted by Gasteiger charge is 2.30. The van der Waals surface area contributed by atoms with Crippen molar-refractivity contribution in [2.75, 3.05) is 18.4 Å². The van der Waals surface area contributed by atoms with Crippen molar-refractivity contribution in [1.29, 1.82) is 0 Å². The summed E-state index contributed by atoms with van der Waals surface area (Å²) in [6, 6.07) is 12.7. The summed E-state index contributed by atoms with van der Waals surface area (Å²) in [5, 5.41) is 2.67. The van der Waals surface area contributed by atoms with E-state index in [2.05, 4.69) is 5.32 Å². The van der Waals surface area contributed by atoms with Crippen LogP contribution in [0.5, 0.6) is 0 Å². The summed E-state index contributed by atoms with van der Waals surface area (Å²) < 4.78 is 32.1. The molecule has 1 heterocycles. The number of carbonyl (C=O) groups excluding carboxylic acids is 2. The lowest BCUT2D eigenvalue weighted by Gasteiger charge is -2.17. The van der Waals surface area contributed by atoms with Crippen molar-refractivity contribution in [3.63, 3.8) is 0 Å². The molecule has 0 radical (unpaired) electrons. The SMILES string of the molecule is C[C@H](OC(=O)c1ccc(Cl)c(S(=O)(=O)N2CCCC2)c1)C(=O)Nc1ccccc1. The smallest absolute Gasteiger partial charge is 0.338 e. The van der Waals surface area contributed by atoms with Gasteiger partial charge in [-0.25, -0.2) is 13.2 Å². The molecular formula is C20H21ClN2O5S. The van der Waals surface area contributed by atoms with E-state index in [1.807, 2.05) is 6.07 Å². The monoisotopic (exact) mass is 436 g/mol. The minimum absolute atomic E-state index is 0.00605. The van der Waals surface area contributed by atoms with Crippen molar-refractivity contribution in [1.82, 2.24) is 4.31 Å². The lowest BCUT2D eigenvalue weighted by molar-refractivity contribution is -0.123. The summed E-state index contributed by atoms with van der Waals surface area (Å²) >= 11 is 6.09. The Bertz CT molecular complexity index is 1000. The number of ether oxygens (including phenoxy) is 1. The van der Waals surface area contributed by atoms with Gasteiger partial charge in [0.1, 0.15) is 4.90 Å². The molecule has 1 aliphatic heterocycles. The zero-order valence-electron chi connectivity index (χ0n) is 15.8. The van der Waals surface area contributed by atoms with Gasteiger partial charge in [-0.2, -0.15) is 4.31 Å². The fourth-order valence-corrected chi connectivity index (χ4v) is 4.96. The number of sulfonamides is 1. The van der Waals surface area contributed by atoms with Crippen LogP contribution in [0.3, 0.4) is 0 Å². The molecule has 0 unspecified atom stereocenters. The van der Waals surface area contributed by atoms with Crippen LogP contribution in [0, 0.1) is 0 Å². The average molecular weight is 437 g/mol. The number of para-hydroxylation sites is 1. The van der Waals surface area contributed by atoms with Crippen LogP contribution in [0.2, 0.25) is 5.02 Å². The van der Waals surface area contributed by atoms with Crippen LogP contribution in [0.15, 0.2) is 53.4 Å².